The molecule has 2 aromatic heterocycles. The van der Waals surface area contributed by atoms with Crippen molar-refractivity contribution < 1.29 is 42.2 Å². The van der Waals surface area contributed by atoms with Gasteiger partial charge in [0.2, 0.25) is 5.60 Å². The summed E-state index contributed by atoms with van der Waals surface area (Å²) >= 11 is 2.73. The number of thiophene rings is 2. The minimum atomic E-state index is -5.19. The maximum atomic E-state index is 13.2. The van der Waals surface area contributed by atoms with E-state index in [1.807, 2.05) is 22.9 Å². The highest BCUT2D eigenvalue weighted by atomic mass is 32.1. The Morgan fingerprint density at radius 2 is 1.70 bits per heavy atom. The number of halogens is 3. The minimum Gasteiger partial charge on any atom is -0.542 e. The van der Waals surface area contributed by atoms with Crippen LogP contribution in [0.3, 0.4) is 0 Å². The Morgan fingerprint density at radius 3 is 2.09 bits per heavy atom. The highest BCUT2D eigenvalue weighted by Crippen LogP contribution is 2.40. The lowest BCUT2D eigenvalue weighted by Gasteiger charge is -2.51. The number of hydrogen-bond donors (Lipinski definition) is 1. The maximum absolute atomic E-state index is 13.2. The van der Waals surface area contributed by atoms with Crippen LogP contribution in [0.2, 0.25) is 0 Å². The number of fused-ring (bicyclic) bond motifs is 3. The van der Waals surface area contributed by atoms with E-state index in [4.69, 9.17) is 21.1 Å². The van der Waals surface area contributed by atoms with E-state index in [2.05, 4.69) is 5.92 Å². The number of piperidine rings is 3. The molecule has 1 N–H and O–H groups in total. The first-order valence-corrected chi connectivity index (χ1v) is 11.9. The quantitative estimate of drug-likeness (QED) is 0.386. The molecule has 5 rings (SSSR count). The summed E-state index contributed by atoms with van der Waals surface area (Å²) in [7, 11) is 0. The molecule has 3 aliphatic heterocycles. The van der Waals surface area contributed by atoms with E-state index in [9.17, 15) is 23.1 Å². The van der Waals surface area contributed by atoms with Crippen molar-refractivity contribution in [3.8, 4) is 12.3 Å². The Bertz CT molecular complexity index is 956. The van der Waals surface area contributed by atoms with Crippen LogP contribution in [0.1, 0.15) is 22.6 Å². The summed E-state index contributed by atoms with van der Waals surface area (Å²) in [4.78, 5) is 23.1. The topological polar surface area (TPSA) is 86.7 Å². The molecule has 0 radical (unpaired) electrons. The molecular weight excluding hydrogens is 479 g/mol. The molecule has 5 heterocycles. The van der Waals surface area contributed by atoms with Gasteiger partial charge in [-0.2, -0.15) is 13.2 Å². The van der Waals surface area contributed by atoms with Crippen molar-refractivity contribution in [2.45, 2.75) is 30.7 Å². The fourth-order valence-electron chi connectivity index (χ4n) is 4.28. The van der Waals surface area contributed by atoms with Gasteiger partial charge >= 0.3 is 12.1 Å². The molecule has 3 aliphatic rings. The number of terminal acetylenes is 1. The van der Waals surface area contributed by atoms with E-state index in [1.165, 1.54) is 22.7 Å². The molecule has 0 aliphatic carbocycles. The average molecular weight is 502 g/mol. The van der Waals surface area contributed by atoms with Gasteiger partial charge in [0.1, 0.15) is 19.1 Å². The van der Waals surface area contributed by atoms with E-state index >= 15 is 0 Å². The van der Waals surface area contributed by atoms with Crippen LogP contribution in [0.4, 0.5) is 13.2 Å². The predicted octanol–water partition coefficient (Wildman–Crippen LogP) is 2.13. The van der Waals surface area contributed by atoms with Gasteiger partial charge in [-0.25, -0.2) is 4.79 Å². The molecule has 0 aromatic carbocycles. The molecule has 0 spiro atoms. The van der Waals surface area contributed by atoms with Gasteiger partial charge in [0, 0.05) is 18.8 Å². The second-order valence-electron chi connectivity index (χ2n) is 8.07. The maximum Gasteiger partial charge on any atom is 0.430 e. The molecule has 0 amide bonds. The smallest absolute Gasteiger partial charge is 0.430 e. The first kappa shape index (κ1) is 25.2. The first-order valence-electron chi connectivity index (χ1n) is 10.1. The number of nitrogens with zero attached hydrogens (tertiary/aromatic N) is 1. The van der Waals surface area contributed by atoms with Gasteiger partial charge in [0.25, 0.3) is 0 Å². The number of carbonyl (C=O) groups excluding carboxylic acids is 2. The molecule has 6 nitrogen and oxygen atoms in total. The number of rotatable bonds is 5. The molecule has 3 fully saturated rings. The van der Waals surface area contributed by atoms with E-state index in [1.54, 1.807) is 12.1 Å². The first-order chi connectivity index (χ1) is 15.5. The standard InChI is InChI=1S/C20H22NO3S2.C2HF3O2/c1-2-9-21-10-7-15(8-11-21)16(14-21)24-19(22)20(23,17-5-3-12-25-17)18-6-4-13-26-18;3-2(4,5)1(6)7/h1,3-6,12-13,15-16,23H,7-11,14H2;(H,6,7)/q+1;/p-1/t15?,16-,21?;/m0./s1. The van der Waals surface area contributed by atoms with Crippen molar-refractivity contribution >= 4 is 34.6 Å². The summed E-state index contributed by atoms with van der Waals surface area (Å²) in [6.07, 6.45) is 2.25. The molecule has 3 saturated heterocycles. The van der Waals surface area contributed by atoms with Crippen LogP contribution in [-0.2, 0) is 19.9 Å². The van der Waals surface area contributed by atoms with Crippen LogP contribution in [0.25, 0.3) is 0 Å². The number of hydrogen-bond acceptors (Lipinski definition) is 7. The number of aliphatic hydroxyl groups is 1. The zero-order valence-electron chi connectivity index (χ0n) is 17.4. The lowest BCUT2D eigenvalue weighted by molar-refractivity contribution is -0.939. The Labute approximate surface area is 196 Å². The Balaban J connectivity index is 0.000000383. The summed E-state index contributed by atoms with van der Waals surface area (Å²) < 4.78 is 38.3. The second-order valence-corrected chi connectivity index (χ2v) is 9.96. The highest BCUT2D eigenvalue weighted by molar-refractivity contribution is 7.12. The molecule has 2 bridgehead atoms. The van der Waals surface area contributed by atoms with E-state index in [0.29, 0.717) is 22.2 Å². The Kier molecular flexibility index (Phi) is 7.53. The molecule has 178 valence electrons. The van der Waals surface area contributed by atoms with Gasteiger partial charge in [0.15, 0.2) is 6.10 Å². The fraction of sp³-hybridized carbons (Fsp3) is 0.455. The van der Waals surface area contributed by atoms with Crippen LogP contribution in [0.15, 0.2) is 35.0 Å². The third kappa shape index (κ3) is 5.41. The lowest BCUT2D eigenvalue weighted by Crippen LogP contribution is -2.64. The van der Waals surface area contributed by atoms with Gasteiger partial charge in [0.05, 0.1) is 22.8 Å². The van der Waals surface area contributed by atoms with E-state index in [-0.39, 0.29) is 6.10 Å². The molecule has 11 heteroatoms. The largest absolute Gasteiger partial charge is 0.542 e. The number of alkyl halides is 3. The average Bonchev–Trinajstić information content (AvgIpc) is 3.48. The molecule has 0 unspecified atom stereocenters. The Hall–Kier alpha value is -2.39. The third-order valence-electron chi connectivity index (χ3n) is 6.01. The van der Waals surface area contributed by atoms with Crippen LogP contribution < -0.4 is 5.11 Å². The number of esters is 1. The number of carboxylic acids is 1. The van der Waals surface area contributed by atoms with Crippen molar-refractivity contribution in [3.63, 3.8) is 0 Å². The van der Waals surface area contributed by atoms with Crippen molar-refractivity contribution in [2.75, 3.05) is 26.2 Å². The van der Waals surface area contributed by atoms with Crippen LogP contribution in [0.5, 0.6) is 0 Å². The predicted molar refractivity (Wildman–Crippen MR) is 114 cm³/mol. The van der Waals surface area contributed by atoms with Crippen LogP contribution >= 0.6 is 22.7 Å². The Morgan fingerprint density at radius 1 is 1.18 bits per heavy atom. The molecule has 2 aromatic rings. The van der Waals surface area contributed by atoms with Gasteiger partial charge in [-0.1, -0.05) is 12.1 Å². The SMILES string of the molecule is C#CC[N+]12CCC(CC1)[C@@H](OC(=O)C(O)(c1cccs1)c1cccs1)C2.O=C([O-])C(F)(F)F. The van der Waals surface area contributed by atoms with Crippen molar-refractivity contribution in [3.05, 3.63) is 44.8 Å². The third-order valence-corrected chi connectivity index (χ3v) is 7.97. The molecule has 33 heavy (non-hydrogen) atoms. The summed E-state index contributed by atoms with van der Waals surface area (Å²) in [5, 5.41) is 23.9. The summed E-state index contributed by atoms with van der Waals surface area (Å²) in [6.45, 7) is 3.55. The van der Waals surface area contributed by atoms with Crippen molar-refractivity contribution in [1.29, 1.82) is 0 Å². The van der Waals surface area contributed by atoms with Gasteiger partial charge in [-0.05, 0) is 28.8 Å². The van der Waals surface area contributed by atoms with Gasteiger partial charge in [-0.3, -0.25) is 0 Å². The fourth-order valence-corrected chi connectivity index (χ4v) is 6.00. The summed E-state index contributed by atoms with van der Waals surface area (Å²) in [5.74, 6) is -0.420. The zero-order chi connectivity index (χ0) is 24.3. The summed E-state index contributed by atoms with van der Waals surface area (Å²) in [6, 6.07) is 7.25. The van der Waals surface area contributed by atoms with Crippen molar-refractivity contribution in [1.82, 2.24) is 0 Å². The number of ether oxygens (including phenoxy) is 1. The highest BCUT2D eigenvalue weighted by Gasteiger charge is 2.51. The second kappa shape index (κ2) is 9.85. The van der Waals surface area contributed by atoms with Gasteiger partial charge < -0.3 is 24.2 Å². The number of carbonyl (C=O) groups is 2. The van der Waals surface area contributed by atoms with Crippen LogP contribution in [-0.4, -0.2) is 60.0 Å². The number of aliphatic carboxylic acids is 1. The lowest BCUT2D eigenvalue weighted by atomic mass is 9.83. The molecule has 1 atom stereocenters. The van der Waals surface area contributed by atoms with Gasteiger partial charge in [-0.15, -0.1) is 29.1 Å². The normalized spacial score (nSPS) is 24.3. The van der Waals surface area contributed by atoms with E-state index in [0.717, 1.165) is 37.0 Å². The van der Waals surface area contributed by atoms with E-state index < -0.39 is 23.7 Å². The number of carboxylic acid groups (broad SMARTS) is 1. The van der Waals surface area contributed by atoms with Crippen molar-refractivity contribution in [2.24, 2.45) is 5.92 Å². The zero-order valence-corrected chi connectivity index (χ0v) is 19.0. The monoisotopic (exact) mass is 501 g/mol. The molecular formula is C22H22F3NO5S2. The summed E-state index contributed by atoms with van der Waals surface area (Å²) in [5.41, 5.74) is -1.73. The minimum absolute atomic E-state index is 0.176. The van der Waals surface area contributed by atoms with Crippen LogP contribution in [0, 0.1) is 18.3 Å². The number of quaternary nitrogens is 1. The molecule has 0 saturated carbocycles.